The molecule has 0 unspecified atom stereocenters. The van der Waals surface area contributed by atoms with Crippen LogP contribution in [0.2, 0.25) is 0 Å². The Bertz CT molecular complexity index is 996. The molecule has 8 heteroatoms. The van der Waals surface area contributed by atoms with Crippen molar-refractivity contribution in [2.24, 2.45) is 0 Å². The Labute approximate surface area is 158 Å². The molecule has 0 saturated heterocycles. The summed E-state index contributed by atoms with van der Waals surface area (Å²) in [5, 5.41) is 2.56. The number of amides is 1. The molecule has 0 radical (unpaired) electrons. The smallest absolute Gasteiger partial charge is 0.361 e. The molecule has 3 aromatic rings. The number of benzene rings is 2. The Morgan fingerprint density at radius 2 is 1.75 bits per heavy atom. The van der Waals surface area contributed by atoms with Crippen molar-refractivity contribution < 1.29 is 18.0 Å². The molecule has 28 heavy (non-hydrogen) atoms. The highest BCUT2D eigenvalue weighted by Crippen LogP contribution is 2.38. The summed E-state index contributed by atoms with van der Waals surface area (Å²) in [6.45, 7) is 1.10. The van der Waals surface area contributed by atoms with Gasteiger partial charge in [0.25, 0.3) is 5.91 Å². The average molecular weight is 384 g/mol. The molecule has 0 bridgehead atoms. The summed E-state index contributed by atoms with van der Waals surface area (Å²) in [4.78, 5) is 22.1. The van der Waals surface area contributed by atoms with Gasteiger partial charge >= 0.3 is 6.18 Å². The first-order valence-corrected chi connectivity index (χ1v) is 8.52. The first-order valence-electron chi connectivity index (χ1n) is 8.52. The molecule has 1 aromatic heterocycles. The summed E-state index contributed by atoms with van der Waals surface area (Å²) in [6, 6.07) is 11.2. The Kier molecular flexibility index (Phi) is 4.46. The lowest BCUT2D eigenvalue weighted by Crippen LogP contribution is -2.20. The third-order valence-electron chi connectivity index (χ3n) is 4.55. The maximum atomic E-state index is 13.2. The van der Waals surface area contributed by atoms with Crippen LogP contribution in [0.3, 0.4) is 0 Å². The SMILES string of the molecule is O=C(Nc1cc(C(F)(F)F)ccc1N1Cc2ccccc2C1)c1cnccn1. The van der Waals surface area contributed by atoms with Crippen molar-refractivity contribution in [3.63, 3.8) is 0 Å². The molecule has 0 spiro atoms. The molecule has 0 saturated carbocycles. The quantitative estimate of drug-likeness (QED) is 0.733. The Morgan fingerprint density at radius 1 is 1.04 bits per heavy atom. The van der Waals surface area contributed by atoms with E-state index in [0.717, 1.165) is 23.3 Å². The molecular weight excluding hydrogens is 369 g/mol. The fourth-order valence-corrected chi connectivity index (χ4v) is 3.19. The van der Waals surface area contributed by atoms with E-state index in [1.165, 1.54) is 24.7 Å². The van der Waals surface area contributed by atoms with E-state index >= 15 is 0 Å². The molecule has 0 aliphatic carbocycles. The van der Waals surface area contributed by atoms with Crippen molar-refractivity contribution in [1.29, 1.82) is 0 Å². The van der Waals surface area contributed by atoms with Crippen molar-refractivity contribution in [1.82, 2.24) is 9.97 Å². The molecule has 2 aromatic carbocycles. The lowest BCUT2D eigenvalue weighted by atomic mass is 10.1. The van der Waals surface area contributed by atoms with E-state index in [1.54, 1.807) is 0 Å². The summed E-state index contributed by atoms with van der Waals surface area (Å²) >= 11 is 0. The fourth-order valence-electron chi connectivity index (χ4n) is 3.19. The van der Waals surface area contributed by atoms with Crippen LogP contribution in [0.5, 0.6) is 0 Å². The van der Waals surface area contributed by atoms with Crippen LogP contribution in [-0.4, -0.2) is 15.9 Å². The predicted octanol–water partition coefficient (Wildman–Crippen LogP) is 4.27. The number of aromatic nitrogens is 2. The fraction of sp³-hybridized carbons (Fsp3) is 0.150. The molecule has 1 aliphatic heterocycles. The van der Waals surface area contributed by atoms with Gasteiger partial charge in [0.05, 0.1) is 23.1 Å². The number of carbonyl (C=O) groups excluding carboxylic acids is 1. The van der Waals surface area contributed by atoms with Crippen LogP contribution < -0.4 is 10.2 Å². The minimum Gasteiger partial charge on any atom is -0.361 e. The molecule has 1 amide bonds. The van der Waals surface area contributed by atoms with Gasteiger partial charge in [-0.1, -0.05) is 24.3 Å². The van der Waals surface area contributed by atoms with Gasteiger partial charge in [0.1, 0.15) is 5.69 Å². The van der Waals surface area contributed by atoms with Crippen molar-refractivity contribution in [3.8, 4) is 0 Å². The maximum absolute atomic E-state index is 13.2. The van der Waals surface area contributed by atoms with Crippen LogP contribution in [-0.2, 0) is 19.3 Å². The molecular formula is C20H15F3N4O. The maximum Gasteiger partial charge on any atom is 0.416 e. The number of fused-ring (bicyclic) bond motifs is 1. The second-order valence-corrected chi connectivity index (χ2v) is 6.40. The van der Waals surface area contributed by atoms with Crippen LogP contribution in [0.15, 0.2) is 61.1 Å². The van der Waals surface area contributed by atoms with Crippen LogP contribution in [0.4, 0.5) is 24.5 Å². The standard InChI is InChI=1S/C20H15F3N4O/c21-20(22,23)15-5-6-18(27-11-13-3-1-2-4-14(13)12-27)16(9-15)26-19(28)17-10-24-7-8-25-17/h1-10H,11-12H2,(H,26,28). The van der Waals surface area contributed by atoms with Gasteiger partial charge in [0.15, 0.2) is 0 Å². The van der Waals surface area contributed by atoms with Crippen molar-refractivity contribution in [2.45, 2.75) is 19.3 Å². The minimum absolute atomic E-state index is 0.0237. The summed E-state index contributed by atoms with van der Waals surface area (Å²) in [6.07, 6.45) is -0.500. The van der Waals surface area contributed by atoms with E-state index in [4.69, 9.17) is 0 Å². The summed E-state index contributed by atoms with van der Waals surface area (Å²) in [7, 11) is 0. The van der Waals surface area contributed by atoms with Crippen LogP contribution in [0.25, 0.3) is 0 Å². The third-order valence-corrected chi connectivity index (χ3v) is 4.55. The van der Waals surface area contributed by atoms with Gasteiger partial charge in [-0.05, 0) is 29.3 Å². The number of hydrogen-bond acceptors (Lipinski definition) is 4. The van der Waals surface area contributed by atoms with Gasteiger partial charge in [-0.2, -0.15) is 13.2 Å². The number of carbonyl (C=O) groups is 1. The number of halogens is 3. The van der Waals surface area contributed by atoms with Gasteiger partial charge in [0.2, 0.25) is 0 Å². The zero-order valence-electron chi connectivity index (χ0n) is 14.6. The first-order chi connectivity index (χ1) is 13.4. The lowest BCUT2D eigenvalue weighted by molar-refractivity contribution is -0.137. The predicted molar refractivity (Wildman–Crippen MR) is 97.8 cm³/mol. The van der Waals surface area contributed by atoms with E-state index in [9.17, 15) is 18.0 Å². The van der Waals surface area contributed by atoms with Gasteiger partial charge in [-0.25, -0.2) is 4.98 Å². The van der Waals surface area contributed by atoms with E-state index in [1.807, 2.05) is 29.2 Å². The Balaban J connectivity index is 1.69. The number of nitrogens with zero attached hydrogens (tertiary/aromatic N) is 3. The zero-order chi connectivity index (χ0) is 19.7. The second-order valence-electron chi connectivity index (χ2n) is 6.40. The summed E-state index contributed by atoms with van der Waals surface area (Å²) in [5.74, 6) is -0.620. The van der Waals surface area contributed by atoms with Gasteiger partial charge in [-0.3, -0.25) is 9.78 Å². The Hall–Kier alpha value is -3.42. The van der Waals surface area contributed by atoms with E-state index in [-0.39, 0.29) is 11.4 Å². The molecule has 5 nitrogen and oxygen atoms in total. The zero-order valence-corrected chi connectivity index (χ0v) is 14.6. The number of alkyl halides is 3. The first kappa shape index (κ1) is 18.0. The van der Waals surface area contributed by atoms with Gasteiger partial charge < -0.3 is 10.2 Å². The van der Waals surface area contributed by atoms with Crippen LogP contribution in [0, 0.1) is 0 Å². The van der Waals surface area contributed by atoms with E-state index in [0.29, 0.717) is 18.8 Å². The summed E-state index contributed by atoms with van der Waals surface area (Å²) < 4.78 is 39.6. The van der Waals surface area contributed by atoms with Gasteiger partial charge in [-0.15, -0.1) is 0 Å². The van der Waals surface area contributed by atoms with Crippen molar-refractivity contribution in [3.05, 3.63) is 83.4 Å². The lowest BCUT2D eigenvalue weighted by Gasteiger charge is -2.23. The van der Waals surface area contributed by atoms with Crippen molar-refractivity contribution >= 4 is 17.3 Å². The topological polar surface area (TPSA) is 58.1 Å². The second kappa shape index (κ2) is 6.95. The number of anilines is 2. The molecule has 2 heterocycles. The highest BCUT2D eigenvalue weighted by molar-refractivity contribution is 6.04. The molecule has 0 atom stereocenters. The average Bonchev–Trinajstić information content (AvgIpc) is 3.12. The minimum atomic E-state index is -4.52. The molecule has 1 N–H and O–H groups in total. The summed E-state index contributed by atoms with van der Waals surface area (Å²) in [5.41, 5.74) is 2.00. The van der Waals surface area contributed by atoms with Gasteiger partial charge in [0, 0.05) is 25.5 Å². The number of nitrogens with one attached hydrogen (secondary N) is 1. The highest BCUT2D eigenvalue weighted by atomic mass is 19.4. The van der Waals surface area contributed by atoms with Crippen LogP contribution >= 0.6 is 0 Å². The van der Waals surface area contributed by atoms with E-state index < -0.39 is 17.6 Å². The molecule has 1 aliphatic rings. The Morgan fingerprint density at radius 3 is 2.36 bits per heavy atom. The molecule has 0 fully saturated rings. The number of hydrogen-bond donors (Lipinski definition) is 1. The monoisotopic (exact) mass is 384 g/mol. The normalized spacial score (nSPS) is 13.3. The van der Waals surface area contributed by atoms with Crippen LogP contribution in [0.1, 0.15) is 27.2 Å². The third kappa shape index (κ3) is 3.53. The van der Waals surface area contributed by atoms with E-state index in [2.05, 4.69) is 15.3 Å². The largest absolute Gasteiger partial charge is 0.416 e. The highest BCUT2D eigenvalue weighted by Gasteiger charge is 2.32. The van der Waals surface area contributed by atoms with Crippen molar-refractivity contribution in [2.75, 3.05) is 10.2 Å². The number of rotatable bonds is 3. The molecule has 4 rings (SSSR count). The molecule has 142 valence electrons.